The summed E-state index contributed by atoms with van der Waals surface area (Å²) in [5.41, 5.74) is 1.42. The van der Waals surface area contributed by atoms with Gasteiger partial charge in [-0.3, -0.25) is 4.79 Å². The number of hydrogen-bond acceptors (Lipinski definition) is 5. The van der Waals surface area contributed by atoms with E-state index in [1.54, 1.807) is 24.4 Å². The van der Waals surface area contributed by atoms with Crippen LogP contribution < -0.4 is 15.5 Å². The number of halogens is 1. The maximum atomic E-state index is 14.3. The molecule has 1 aromatic heterocycles. The van der Waals surface area contributed by atoms with E-state index in [1.165, 1.54) is 18.9 Å². The monoisotopic (exact) mass is 369 g/mol. The largest absolute Gasteiger partial charge is 0.348 e. The molecule has 0 saturated carbocycles. The van der Waals surface area contributed by atoms with Crippen molar-refractivity contribution in [1.82, 2.24) is 20.6 Å². The summed E-state index contributed by atoms with van der Waals surface area (Å²) in [7, 11) is 0. The molecule has 0 aliphatic carbocycles. The highest BCUT2D eigenvalue weighted by Crippen LogP contribution is 2.26. The van der Waals surface area contributed by atoms with Crippen molar-refractivity contribution in [1.29, 1.82) is 0 Å². The van der Waals surface area contributed by atoms with Gasteiger partial charge < -0.3 is 15.5 Å². The van der Waals surface area contributed by atoms with Crippen molar-refractivity contribution in [3.8, 4) is 0 Å². The lowest BCUT2D eigenvalue weighted by molar-refractivity contribution is -0.123. The van der Waals surface area contributed by atoms with E-state index in [0.717, 1.165) is 24.7 Å². The fourth-order valence-electron chi connectivity index (χ4n) is 3.83. The van der Waals surface area contributed by atoms with Crippen LogP contribution in [0.2, 0.25) is 0 Å². The van der Waals surface area contributed by atoms with Crippen LogP contribution in [0.5, 0.6) is 0 Å². The summed E-state index contributed by atoms with van der Waals surface area (Å²) in [4.78, 5) is 23.1. The van der Waals surface area contributed by atoms with Crippen molar-refractivity contribution in [2.24, 2.45) is 0 Å². The molecule has 2 saturated heterocycles. The lowest BCUT2D eigenvalue weighted by Crippen LogP contribution is -2.48. The summed E-state index contributed by atoms with van der Waals surface area (Å²) in [6.07, 6.45) is 5.24. The minimum absolute atomic E-state index is 0.0420. The molecule has 2 aliphatic rings. The SMILES string of the molecule is O=C1CC[C@@H](NCc2ccnc(N3CCCC3)n2)[C@H](c2ccccc2F)N1. The number of anilines is 1. The van der Waals surface area contributed by atoms with Gasteiger partial charge in [0.1, 0.15) is 5.82 Å². The van der Waals surface area contributed by atoms with Crippen molar-refractivity contribution in [3.63, 3.8) is 0 Å². The Labute approximate surface area is 158 Å². The molecule has 2 N–H and O–H groups in total. The molecule has 2 atom stereocenters. The second-order valence-electron chi connectivity index (χ2n) is 7.13. The fourth-order valence-corrected chi connectivity index (χ4v) is 3.83. The molecule has 3 heterocycles. The van der Waals surface area contributed by atoms with Gasteiger partial charge in [-0.15, -0.1) is 0 Å². The number of aromatic nitrogens is 2. The van der Waals surface area contributed by atoms with Gasteiger partial charge in [-0.2, -0.15) is 0 Å². The van der Waals surface area contributed by atoms with Crippen molar-refractivity contribution < 1.29 is 9.18 Å². The van der Waals surface area contributed by atoms with Gasteiger partial charge in [0.2, 0.25) is 11.9 Å². The van der Waals surface area contributed by atoms with E-state index in [0.29, 0.717) is 24.9 Å². The smallest absolute Gasteiger partial charge is 0.225 e. The molecule has 2 fully saturated rings. The van der Waals surface area contributed by atoms with Crippen LogP contribution in [0.25, 0.3) is 0 Å². The zero-order valence-electron chi connectivity index (χ0n) is 15.2. The number of carbonyl (C=O) groups excluding carboxylic acids is 1. The first-order valence-corrected chi connectivity index (χ1v) is 9.55. The van der Waals surface area contributed by atoms with E-state index in [4.69, 9.17) is 0 Å². The van der Waals surface area contributed by atoms with Crippen molar-refractivity contribution in [2.45, 2.75) is 44.3 Å². The third kappa shape index (κ3) is 4.08. The van der Waals surface area contributed by atoms with Crippen LogP contribution in [-0.4, -0.2) is 35.0 Å². The fraction of sp³-hybridized carbons (Fsp3) is 0.450. The summed E-state index contributed by atoms with van der Waals surface area (Å²) in [6, 6.07) is 8.08. The van der Waals surface area contributed by atoms with Gasteiger partial charge in [0.05, 0.1) is 11.7 Å². The zero-order valence-corrected chi connectivity index (χ0v) is 15.2. The van der Waals surface area contributed by atoms with Crippen LogP contribution in [0.4, 0.5) is 10.3 Å². The van der Waals surface area contributed by atoms with Crippen molar-refractivity contribution >= 4 is 11.9 Å². The van der Waals surface area contributed by atoms with E-state index >= 15 is 0 Å². The molecule has 0 radical (unpaired) electrons. The van der Waals surface area contributed by atoms with Crippen LogP contribution in [0.3, 0.4) is 0 Å². The van der Waals surface area contributed by atoms with Gasteiger partial charge in [-0.25, -0.2) is 14.4 Å². The van der Waals surface area contributed by atoms with Gasteiger partial charge in [-0.1, -0.05) is 18.2 Å². The third-order valence-electron chi connectivity index (χ3n) is 5.28. The molecule has 2 aromatic rings. The lowest BCUT2D eigenvalue weighted by Gasteiger charge is -2.33. The van der Waals surface area contributed by atoms with E-state index < -0.39 is 0 Å². The predicted molar refractivity (Wildman–Crippen MR) is 101 cm³/mol. The number of nitrogens with one attached hydrogen (secondary N) is 2. The minimum atomic E-state index is -0.382. The summed E-state index contributed by atoms with van der Waals surface area (Å²) in [5, 5.41) is 6.40. The number of benzene rings is 1. The van der Waals surface area contributed by atoms with E-state index in [-0.39, 0.29) is 23.8 Å². The molecule has 4 rings (SSSR count). The Morgan fingerprint density at radius 2 is 2.04 bits per heavy atom. The van der Waals surface area contributed by atoms with Crippen LogP contribution in [-0.2, 0) is 11.3 Å². The summed E-state index contributed by atoms with van der Waals surface area (Å²) in [5.74, 6) is 0.434. The number of rotatable bonds is 5. The maximum Gasteiger partial charge on any atom is 0.225 e. The Bertz CT molecular complexity index is 808. The molecule has 142 valence electrons. The molecule has 0 spiro atoms. The highest BCUT2D eigenvalue weighted by atomic mass is 19.1. The lowest BCUT2D eigenvalue weighted by atomic mass is 9.91. The molecular formula is C20H24FN5O. The van der Waals surface area contributed by atoms with Crippen LogP contribution in [0.1, 0.15) is 43.0 Å². The highest BCUT2D eigenvalue weighted by molar-refractivity contribution is 5.77. The first-order chi connectivity index (χ1) is 13.2. The summed E-state index contributed by atoms with van der Waals surface area (Å²) in [6.45, 7) is 2.55. The number of nitrogens with zero attached hydrogens (tertiary/aromatic N) is 3. The molecule has 2 aliphatic heterocycles. The molecule has 1 amide bonds. The first kappa shape index (κ1) is 17.9. The van der Waals surface area contributed by atoms with Gasteiger partial charge in [0.25, 0.3) is 0 Å². The predicted octanol–water partition coefficient (Wildman–Crippen LogP) is 2.33. The van der Waals surface area contributed by atoms with Gasteiger partial charge in [0.15, 0.2) is 0 Å². The van der Waals surface area contributed by atoms with Crippen LogP contribution >= 0.6 is 0 Å². The number of hydrogen-bond donors (Lipinski definition) is 2. The van der Waals surface area contributed by atoms with Gasteiger partial charge >= 0.3 is 0 Å². The topological polar surface area (TPSA) is 70.2 Å². The molecule has 0 unspecified atom stereocenters. The average Bonchev–Trinajstić information content (AvgIpc) is 3.23. The Kier molecular flexibility index (Phi) is 5.29. The van der Waals surface area contributed by atoms with Gasteiger partial charge in [0, 0.05) is 43.9 Å². The molecule has 27 heavy (non-hydrogen) atoms. The maximum absolute atomic E-state index is 14.3. The minimum Gasteiger partial charge on any atom is -0.348 e. The average molecular weight is 369 g/mol. The molecule has 1 aromatic carbocycles. The normalized spacial score (nSPS) is 22.7. The molecular weight excluding hydrogens is 345 g/mol. The third-order valence-corrected chi connectivity index (χ3v) is 5.28. The van der Waals surface area contributed by atoms with Crippen LogP contribution in [0.15, 0.2) is 36.5 Å². The number of amides is 1. The number of carbonyl (C=O) groups is 1. The van der Waals surface area contributed by atoms with E-state index in [9.17, 15) is 9.18 Å². The van der Waals surface area contributed by atoms with E-state index in [2.05, 4.69) is 25.5 Å². The standard InChI is InChI=1S/C20H24FN5O/c21-16-6-2-1-5-15(16)19-17(7-8-18(27)25-19)23-13-14-9-10-22-20(24-14)26-11-3-4-12-26/h1-2,5-6,9-10,17,19,23H,3-4,7-8,11-13H2,(H,25,27)/t17-,19+/m1/s1. The van der Waals surface area contributed by atoms with Gasteiger partial charge in [-0.05, 0) is 31.4 Å². The zero-order chi connectivity index (χ0) is 18.6. The molecule has 6 nitrogen and oxygen atoms in total. The highest BCUT2D eigenvalue weighted by Gasteiger charge is 2.31. The summed E-state index contributed by atoms with van der Waals surface area (Å²) < 4.78 is 14.3. The Morgan fingerprint density at radius 1 is 1.22 bits per heavy atom. The Balaban J connectivity index is 1.47. The molecule has 7 heteroatoms. The second kappa shape index (κ2) is 8.00. The second-order valence-corrected chi connectivity index (χ2v) is 7.13. The first-order valence-electron chi connectivity index (χ1n) is 9.55. The Hall–Kier alpha value is -2.54. The molecule has 0 bridgehead atoms. The quantitative estimate of drug-likeness (QED) is 0.847. The van der Waals surface area contributed by atoms with Crippen molar-refractivity contribution in [2.75, 3.05) is 18.0 Å². The van der Waals surface area contributed by atoms with Crippen molar-refractivity contribution in [3.05, 3.63) is 53.6 Å². The number of piperidine rings is 1. The van der Waals surface area contributed by atoms with Crippen LogP contribution in [0, 0.1) is 5.82 Å². The Morgan fingerprint density at radius 3 is 2.85 bits per heavy atom. The summed E-state index contributed by atoms with van der Waals surface area (Å²) >= 11 is 0. The van der Waals surface area contributed by atoms with E-state index in [1.807, 2.05) is 6.07 Å².